The van der Waals surface area contributed by atoms with Gasteiger partial charge < -0.3 is 4.43 Å². The third-order valence-corrected chi connectivity index (χ3v) is 9.58. The molecule has 0 aliphatic heterocycles. The summed E-state index contributed by atoms with van der Waals surface area (Å²) >= 11 is 0. The molecule has 0 amide bonds. The predicted molar refractivity (Wildman–Crippen MR) is 89.9 cm³/mol. The van der Waals surface area contributed by atoms with Gasteiger partial charge in [0.2, 0.25) is 0 Å². The molecule has 0 radical (unpaired) electrons. The van der Waals surface area contributed by atoms with Crippen molar-refractivity contribution in [2.24, 2.45) is 0 Å². The van der Waals surface area contributed by atoms with Crippen molar-refractivity contribution < 1.29 is 9.22 Å². The molecule has 0 saturated heterocycles. The maximum absolute atomic E-state index is 12.8. The third-order valence-electron chi connectivity index (χ3n) is 5.11. The molecule has 2 rings (SSSR count). The van der Waals surface area contributed by atoms with Gasteiger partial charge in [0, 0.05) is 6.42 Å². The first-order chi connectivity index (χ1) is 9.69. The molecule has 1 saturated carbocycles. The Hall–Kier alpha value is -0.933. The molecule has 0 spiro atoms. The number of hydrogen-bond acceptors (Lipinski definition) is 2. The van der Waals surface area contributed by atoms with E-state index >= 15 is 0 Å². The van der Waals surface area contributed by atoms with Crippen molar-refractivity contribution in [3.05, 3.63) is 35.9 Å². The van der Waals surface area contributed by atoms with Crippen LogP contribution in [0.3, 0.4) is 0 Å². The van der Waals surface area contributed by atoms with E-state index in [2.05, 4.69) is 46.0 Å². The van der Waals surface area contributed by atoms with Crippen LogP contribution in [0, 0.1) is 0 Å². The molecule has 21 heavy (non-hydrogen) atoms. The van der Waals surface area contributed by atoms with Gasteiger partial charge in [0.1, 0.15) is 5.60 Å². The van der Waals surface area contributed by atoms with Gasteiger partial charge in [0.05, 0.1) is 0 Å². The summed E-state index contributed by atoms with van der Waals surface area (Å²) in [5, 5.41) is 0.104. The predicted octanol–water partition coefficient (Wildman–Crippen LogP) is 5.05. The van der Waals surface area contributed by atoms with Crippen molar-refractivity contribution in [1.29, 1.82) is 0 Å². The first-order valence-corrected chi connectivity index (χ1v) is 10.9. The van der Waals surface area contributed by atoms with Crippen LogP contribution in [-0.4, -0.2) is 14.1 Å². The Morgan fingerprint density at radius 2 is 1.71 bits per heavy atom. The monoisotopic (exact) mass is 304 g/mol. The number of hydrogen-bond donors (Lipinski definition) is 0. The van der Waals surface area contributed by atoms with Crippen LogP contribution in [0.4, 0.5) is 0 Å². The smallest absolute Gasteiger partial charge is 0.193 e. The quantitative estimate of drug-likeness (QED) is 0.731. The van der Waals surface area contributed by atoms with E-state index in [9.17, 15) is 4.79 Å². The summed E-state index contributed by atoms with van der Waals surface area (Å²) in [6, 6.07) is 10.1. The summed E-state index contributed by atoms with van der Waals surface area (Å²) in [4.78, 5) is 12.8. The Kier molecular flexibility index (Phi) is 4.46. The van der Waals surface area contributed by atoms with E-state index in [4.69, 9.17) is 4.43 Å². The van der Waals surface area contributed by atoms with Gasteiger partial charge in [0.15, 0.2) is 14.1 Å². The first kappa shape index (κ1) is 16.4. The van der Waals surface area contributed by atoms with Crippen LogP contribution in [0.1, 0.15) is 52.0 Å². The third kappa shape index (κ3) is 3.14. The summed E-state index contributed by atoms with van der Waals surface area (Å²) in [5.41, 5.74) is 0.335. The van der Waals surface area contributed by atoms with E-state index < -0.39 is 13.9 Å². The van der Waals surface area contributed by atoms with Crippen LogP contribution in [-0.2, 0) is 14.8 Å². The lowest BCUT2D eigenvalue weighted by atomic mass is 9.79. The molecule has 1 aromatic carbocycles. The fourth-order valence-electron chi connectivity index (χ4n) is 2.77. The summed E-state index contributed by atoms with van der Waals surface area (Å²) in [6.45, 7) is 11.2. The highest BCUT2D eigenvalue weighted by atomic mass is 28.4. The molecule has 0 aromatic heterocycles. The second-order valence-corrected chi connectivity index (χ2v) is 12.4. The number of benzene rings is 1. The van der Waals surface area contributed by atoms with E-state index in [1.54, 1.807) is 0 Å². The largest absolute Gasteiger partial charge is 0.401 e. The van der Waals surface area contributed by atoms with Crippen LogP contribution in [0.15, 0.2) is 30.3 Å². The van der Waals surface area contributed by atoms with Crippen molar-refractivity contribution in [1.82, 2.24) is 0 Å². The number of rotatable bonds is 3. The van der Waals surface area contributed by atoms with Crippen molar-refractivity contribution in [2.45, 2.75) is 70.2 Å². The molecule has 1 atom stereocenters. The topological polar surface area (TPSA) is 26.3 Å². The molecule has 3 heteroatoms. The van der Waals surface area contributed by atoms with Crippen molar-refractivity contribution in [3.63, 3.8) is 0 Å². The van der Waals surface area contributed by atoms with Gasteiger partial charge >= 0.3 is 0 Å². The number of carbonyl (C=O) groups excluding carboxylic acids is 1. The number of Topliss-reactive ketones (excluding diaryl/α,β-unsaturated/α-hetero) is 1. The summed E-state index contributed by atoms with van der Waals surface area (Å²) in [5.74, 6) is 0.268. The molecule has 1 fully saturated rings. The first-order valence-electron chi connectivity index (χ1n) is 7.98. The molecule has 1 aromatic rings. The van der Waals surface area contributed by atoms with Crippen LogP contribution < -0.4 is 0 Å². The molecule has 0 bridgehead atoms. The van der Waals surface area contributed by atoms with Gasteiger partial charge in [-0.25, -0.2) is 0 Å². The zero-order valence-corrected chi connectivity index (χ0v) is 15.0. The van der Waals surface area contributed by atoms with Gasteiger partial charge in [0.25, 0.3) is 0 Å². The van der Waals surface area contributed by atoms with Gasteiger partial charge in [-0.2, -0.15) is 0 Å². The summed E-state index contributed by atoms with van der Waals surface area (Å²) in [7, 11) is -2.01. The highest BCUT2D eigenvalue weighted by molar-refractivity contribution is 6.74. The fourth-order valence-corrected chi connectivity index (χ4v) is 4.28. The van der Waals surface area contributed by atoms with Crippen molar-refractivity contribution >= 4 is 14.1 Å². The summed E-state index contributed by atoms with van der Waals surface area (Å²) in [6.07, 6.45) is 3.52. The van der Waals surface area contributed by atoms with Crippen molar-refractivity contribution in [3.8, 4) is 0 Å². The molecule has 1 unspecified atom stereocenters. The zero-order chi connectivity index (χ0) is 15.7. The fraction of sp³-hybridized carbons (Fsp3) is 0.611. The molecule has 1 aliphatic carbocycles. The Morgan fingerprint density at radius 3 is 2.24 bits per heavy atom. The minimum absolute atomic E-state index is 0.104. The molecule has 0 N–H and O–H groups in total. The van der Waals surface area contributed by atoms with Gasteiger partial charge in [-0.1, -0.05) is 51.1 Å². The zero-order valence-electron chi connectivity index (χ0n) is 14.0. The van der Waals surface area contributed by atoms with E-state index in [1.807, 2.05) is 18.2 Å². The average Bonchev–Trinajstić information content (AvgIpc) is 2.41. The van der Waals surface area contributed by atoms with E-state index in [-0.39, 0.29) is 10.8 Å². The number of carbonyl (C=O) groups is 1. The molecule has 1 aliphatic rings. The average molecular weight is 305 g/mol. The van der Waals surface area contributed by atoms with E-state index in [0.717, 1.165) is 24.8 Å². The molecule has 2 nitrogen and oxygen atoms in total. The Morgan fingerprint density at radius 1 is 1.10 bits per heavy atom. The normalized spacial score (nSPS) is 24.1. The number of ketones is 1. The van der Waals surface area contributed by atoms with E-state index in [1.165, 1.54) is 0 Å². The van der Waals surface area contributed by atoms with Gasteiger partial charge in [-0.05, 0) is 43.0 Å². The molecule has 0 heterocycles. The van der Waals surface area contributed by atoms with Gasteiger partial charge in [-0.3, -0.25) is 4.79 Å². The van der Waals surface area contributed by atoms with Crippen LogP contribution >= 0.6 is 0 Å². The minimum atomic E-state index is -2.01. The lowest BCUT2D eigenvalue weighted by Crippen LogP contribution is -2.52. The Balaban J connectivity index is 2.45. The minimum Gasteiger partial charge on any atom is -0.401 e. The molecular weight excluding hydrogens is 276 g/mol. The van der Waals surface area contributed by atoms with Crippen LogP contribution in [0.2, 0.25) is 18.1 Å². The summed E-state index contributed by atoms with van der Waals surface area (Å²) < 4.78 is 6.72. The van der Waals surface area contributed by atoms with Gasteiger partial charge in [-0.15, -0.1) is 0 Å². The lowest BCUT2D eigenvalue weighted by Gasteiger charge is -2.46. The second kappa shape index (κ2) is 5.69. The van der Waals surface area contributed by atoms with Crippen molar-refractivity contribution in [2.75, 3.05) is 0 Å². The lowest BCUT2D eigenvalue weighted by molar-refractivity contribution is -0.140. The highest BCUT2D eigenvalue weighted by Crippen LogP contribution is 2.46. The Bertz CT molecular complexity index is 502. The maximum atomic E-state index is 12.8. The van der Waals surface area contributed by atoms with Crippen LogP contribution in [0.25, 0.3) is 0 Å². The molecular formula is C18H28O2Si. The molecule has 116 valence electrons. The second-order valence-electron chi connectivity index (χ2n) is 7.69. The SMILES string of the molecule is CC(C)(C)[Si](C)(C)OC1(c2ccccc2)CCCCC1=O. The maximum Gasteiger partial charge on any atom is 0.193 e. The highest BCUT2D eigenvalue weighted by Gasteiger charge is 2.50. The van der Waals surface area contributed by atoms with E-state index in [0.29, 0.717) is 6.42 Å². The Labute approximate surface area is 130 Å². The standard InChI is InChI=1S/C18H28O2Si/c1-17(2,3)21(4,5)20-18(14-10-9-13-16(18)19)15-11-7-6-8-12-15/h6-8,11-12H,9-10,13-14H2,1-5H3. The van der Waals surface area contributed by atoms with Crippen LogP contribution in [0.5, 0.6) is 0 Å².